The standard InChI is InChI=1S/C14H20N2O4/c1-14(2,3)20-13(19)16-10-6-4-5-9(7-10)8-11(15)12(17)18/h4-7,11H,8,15H2,1-3H3,(H,16,19)(H,17,18). The predicted molar refractivity (Wildman–Crippen MR) is 75.6 cm³/mol. The highest BCUT2D eigenvalue weighted by Gasteiger charge is 2.16. The Kier molecular flexibility index (Phi) is 5.10. The van der Waals surface area contributed by atoms with Crippen molar-refractivity contribution < 1.29 is 19.4 Å². The lowest BCUT2D eigenvalue weighted by molar-refractivity contribution is -0.138. The lowest BCUT2D eigenvalue weighted by atomic mass is 10.1. The molecule has 1 amide bonds. The number of carbonyl (C=O) groups is 2. The van der Waals surface area contributed by atoms with Crippen LogP contribution in [0.25, 0.3) is 0 Å². The van der Waals surface area contributed by atoms with Crippen LogP contribution in [0, 0.1) is 0 Å². The van der Waals surface area contributed by atoms with Crippen LogP contribution >= 0.6 is 0 Å². The van der Waals surface area contributed by atoms with Crippen LogP contribution in [0.1, 0.15) is 26.3 Å². The molecule has 6 nitrogen and oxygen atoms in total. The molecule has 1 aromatic carbocycles. The van der Waals surface area contributed by atoms with Gasteiger partial charge in [-0.1, -0.05) is 12.1 Å². The summed E-state index contributed by atoms with van der Waals surface area (Å²) in [6.45, 7) is 5.32. The summed E-state index contributed by atoms with van der Waals surface area (Å²) < 4.78 is 5.13. The molecule has 0 aromatic heterocycles. The summed E-state index contributed by atoms with van der Waals surface area (Å²) in [5.74, 6) is -1.06. The smallest absolute Gasteiger partial charge is 0.412 e. The molecular weight excluding hydrogens is 260 g/mol. The number of nitrogens with two attached hydrogens (primary N) is 1. The molecule has 1 aromatic rings. The van der Waals surface area contributed by atoms with Crippen LogP contribution in [0.5, 0.6) is 0 Å². The molecule has 0 saturated heterocycles. The first kappa shape index (κ1) is 16.0. The van der Waals surface area contributed by atoms with Gasteiger partial charge in [0.1, 0.15) is 11.6 Å². The monoisotopic (exact) mass is 280 g/mol. The number of hydrogen-bond acceptors (Lipinski definition) is 4. The molecule has 4 N–H and O–H groups in total. The molecule has 1 unspecified atom stereocenters. The summed E-state index contributed by atoms with van der Waals surface area (Å²) in [5.41, 5.74) is 6.16. The molecule has 0 aliphatic heterocycles. The van der Waals surface area contributed by atoms with Gasteiger partial charge in [-0.15, -0.1) is 0 Å². The maximum Gasteiger partial charge on any atom is 0.412 e. The molecule has 0 aliphatic rings. The quantitative estimate of drug-likeness (QED) is 0.782. The van der Waals surface area contributed by atoms with E-state index in [-0.39, 0.29) is 6.42 Å². The first-order chi connectivity index (χ1) is 9.17. The highest BCUT2D eigenvalue weighted by molar-refractivity contribution is 5.85. The van der Waals surface area contributed by atoms with E-state index in [9.17, 15) is 9.59 Å². The van der Waals surface area contributed by atoms with Crippen molar-refractivity contribution in [1.82, 2.24) is 0 Å². The molecule has 110 valence electrons. The van der Waals surface area contributed by atoms with Gasteiger partial charge >= 0.3 is 12.1 Å². The van der Waals surface area contributed by atoms with E-state index in [1.54, 1.807) is 45.0 Å². The van der Waals surface area contributed by atoms with Crippen molar-refractivity contribution in [3.63, 3.8) is 0 Å². The third kappa shape index (κ3) is 5.71. The van der Waals surface area contributed by atoms with Crippen LogP contribution in [0.15, 0.2) is 24.3 Å². The van der Waals surface area contributed by atoms with Crippen molar-refractivity contribution in [3.05, 3.63) is 29.8 Å². The van der Waals surface area contributed by atoms with E-state index in [0.29, 0.717) is 5.69 Å². The minimum Gasteiger partial charge on any atom is -0.480 e. The fraction of sp³-hybridized carbons (Fsp3) is 0.429. The maximum absolute atomic E-state index is 11.6. The third-order valence-corrected chi connectivity index (χ3v) is 2.35. The van der Waals surface area contributed by atoms with Gasteiger partial charge in [0.2, 0.25) is 0 Å². The zero-order chi connectivity index (χ0) is 15.3. The maximum atomic E-state index is 11.6. The van der Waals surface area contributed by atoms with E-state index >= 15 is 0 Å². The lowest BCUT2D eigenvalue weighted by Crippen LogP contribution is -2.32. The Bertz CT molecular complexity index is 494. The molecule has 0 saturated carbocycles. The van der Waals surface area contributed by atoms with Crippen molar-refractivity contribution in [2.45, 2.75) is 38.8 Å². The van der Waals surface area contributed by atoms with E-state index in [1.807, 2.05) is 0 Å². The topological polar surface area (TPSA) is 102 Å². The number of anilines is 1. The number of rotatable bonds is 4. The van der Waals surface area contributed by atoms with Crippen molar-refractivity contribution in [1.29, 1.82) is 0 Å². The van der Waals surface area contributed by atoms with Gasteiger partial charge in [0.25, 0.3) is 0 Å². The molecule has 0 bridgehead atoms. The van der Waals surface area contributed by atoms with E-state index in [0.717, 1.165) is 5.56 Å². The summed E-state index contributed by atoms with van der Waals surface area (Å²) in [4.78, 5) is 22.3. The van der Waals surface area contributed by atoms with Gasteiger partial charge in [-0.05, 0) is 44.9 Å². The van der Waals surface area contributed by atoms with Crippen molar-refractivity contribution in [3.8, 4) is 0 Å². The molecule has 0 aliphatic carbocycles. The number of benzene rings is 1. The van der Waals surface area contributed by atoms with E-state index in [2.05, 4.69) is 5.32 Å². The SMILES string of the molecule is CC(C)(C)OC(=O)Nc1cccc(CC(N)C(=O)O)c1. The number of carboxylic acid groups (broad SMARTS) is 1. The van der Waals surface area contributed by atoms with Crippen LogP contribution in [-0.2, 0) is 16.0 Å². The summed E-state index contributed by atoms with van der Waals surface area (Å²) in [6.07, 6.45) is -0.365. The molecule has 6 heteroatoms. The second-order valence-electron chi connectivity index (χ2n) is 5.48. The highest BCUT2D eigenvalue weighted by atomic mass is 16.6. The molecular formula is C14H20N2O4. The fourth-order valence-corrected chi connectivity index (χ4v) is 1.54. The Morgan fingerprint density at radius 2 is 2.05 bits per heavy atom. The fourth-order valence-electron chi connectivity index (χ4n) is 1.54. The van der Waals surface area contributed by atoms with Gasteiger partial charge in [-0.2, -0.15) is 0 Å². The second kappa shape index (κ2) is 6.38. The lowest BCUT2D eigenvalue weighted by Gasteiger charge is -2.19. The summed E-state index contributed by atoms with van der Waals surface area (Å²) in [5, 5.41) is 11.4. The average molecular weight is 280 g/mol. The first-order valence-electron chi connectivity index (χ1n) is 6.25. The number of hydrogen-bond donors (Lipinski definition) is 3. The van der Waals surface area contributed by atoms with Gasteiger partial charge in [0, 0.05) is 5.69 Å². The Hall–Kier alpha value is -2.08. The normalized spacial score (nSPS) is 12.6. The third-order valence-electron chi connectivity index (χ3n) is 2.35. The Labute approximate surface area is 117 Å². The van der Waals surface area contributed by atoms with Crippen LogP contribution < -0.4 is 11.1 Å². The zero-order valence-corrected chi connectivity index (χ0v) is 11.8. The number of ether oxygens (including phenoxy) is 1. The molecule has 1 atom stereocenters. The number of nitrogens with one attached hydrogen (secondary N) is 1. The number of aliphatic carboxylic acids is 1. The summed E-state index contributed by atoms with van der Waals surface area (Å²) in [7, 11) is 0. The van der Waals surface area contributed by atoms with Crippen LogP contribution in [-0.4, -0.2) is 28.8 Å². The van der Waals surface area contributed by atoms with E-state index in [4.69, 9.17) is 15.6 Å². The highest BCUT2D eigenvalue weighted by Crippen LogP contribution is 2.14. The molecule has 0 radical (unpaired) electrons. The van der Waals surface area contributed by atoms with Crippen molar-refractivity contribution in [2.24, 2.45) is 5.73 Å². The number of amides is 1. The predicted octanol–water partition coefficient (Wildman–Crippen LogP) is 1.99. The van der Waals surface area contributed by atoms with Crippen molar-refractivity contribution >= 4 is 17.7 Å². The second-order valence-corrected chi connectivity index (χ2v) is 5.48. The molecule has 0 spiro atoms. The minimum atomic E-state index is -1.06. The van der Waals surface area contributed by atoms with Crippen LogP contribution in [0.2, 0.25) is 0 Å². The van der Waals surface area contributed by atoms with Gasteiger partial charge in [0.05, 0.1) is 0 Å². The van der Waals surface area contributed by atoms with E-state index in [1.165, 1.54) is 0 Å². The Balaban J connectivity index is 2.69. The van der Waals surface area contributed by atoms with Gasteiger partial charge in [-0.25, -0.2) is 4.79 Å². The van der Waals surface area contributed by atoms with Crippen LogP contribution in [0.3, 0.4) is 0 Å². The largest absolute Gasteiger partial charge is 0.480 e. The van der Waals surface area contributed by atoms with Gasteiger partial charge in [-0.3, -0.25) is 10.1 Å². The summed E-state index contributed by atoms with van der Waals surface area (Å²) in [6, 6.07) is 5.87. The Morgan fingerprint density at radius 1 is 1.40 bits per heavy atom. The van der Waals surface area contributed by atoms with E-state index < -0.39 is 23.7 Å². The molecule has 1 rings (SSSR count). The Morgan fingerprint density at radius 3 is 2.60 bits per heavy atom. The minimum absolute atomic E-state index is 0.194. The number of carboxylic acids is 1. The van der Waals surface area contributed by atoms with Gasteiger partial charge in [0.15, 0.2) is 0 Å². The van der Waals surface area contributed by atoms with Crippen LogP contribution in [0.4, 0.5) is 10.5 Å². The summed E-state index contributed by atoms with van der Waals surface area (Å²) >= 11 is 0. The van der Waals surface area contributed by atoms with Gasteiger partial charge < -0.3 is 15.6 Å². The molecule has 20 heavy (non-hydrogen) atoms. The average Bonchev–Trinajstić information content (AvgIpc) is 2.26. The zero-order valence-electron chi connectivity index (χ0n) is 11.8. The molecule has 0 heterocycles. The van der Waals surface area contributed by atoms with Crippen molar-refractivity contribution in [2.75, 3.05) is 5.32 Å². The number of carbonyl (C=O) groups excluding carboxylic acids is 1. The molecule has 0 fully saturated rings. The first-order valence-corrected chi connectivity index (χ1v) is 6.25.